The van der Waals surface area contributed by atoms with Crippen LogP contribution in [0.4, 0.5) is 0 Å². The first-order chi connectivity index (χ1) is 5.34. The predicted octanol–water partition coefficient (Wildman–Crippen LogP) is 1.60. The van der Waals surface area contributed by atoms with Crippen LogP contribution in [0.3, 0.4) is 0 Å². The van der Waals surface area contributed by atoms with E-state index in [1.807, 2.05) is 6.07 Å². The van der Waals surface area contributed by atoms with E-state index in [-0.39, 0.29) is 5.78 Å². The topological polar surface area (TPSA) is 40.9 Å². The van der Waals surface area contributed by atoms with Crippen molar-refractivity contribution >= 4 is 5.78 Å². The van der Waals surface area contributed by atoms with Gasteiger partial charge in [-0.1, -0.05) is 30.3 Å². The van der Waals surface area contributed by atoms with Crippen LogP contribution in [0.2, 0.25) is 0 Å². The van der Waals surface area contributed by atoms with Crippen LogP contribution in [0.15, 0.2) is 30.3 Å². The summed E-state index contributed by atoms with van der Waals surface area (Å²) in [7, 11) is 0. The number of benzene rings is 1. The molecule has 53 valence electrons. The lowest BCUT2D eigenvalue weighted by molar-refractivity contribution is 0.103. The third-order valence-corrected chi connectivity index (χ3v) is 1.25. The molecule has 0 fully saturated rings. The lowest BCUT2D eigenvalue weighted by Crippen LogP contribution is -1.96. The zero-order valence-corrected chi connectivity index (χ0v) is 5.82. The van der Waals surface area contributed by atoms with Gasteiger partial charge >= 0.3 is 0 Å². The zero-order chi connectivity index (χ0) is 8.10. The van der Waals surface area contributed by atoms with Gasteiger partial charge in [0.05, 0.1) is 6.07 Å². The maximum Gasteiger partial charge on any atom is 0.181 e. The highest BCUT2D eigenvalue weighted by atomic mass is 16.1. The standard InChI is InChI=1S/C9H6NO/c10-7-6-9(11)8-4-2-1-3-5-8/h1-6H. The van der Waals surface area contributed by atoms with Gasteiger partial charge in [0.15, 0.2) is 5.78 Å². The molecule has 0 aromatic heterocycles. The summed E-state index contributed by atoms with van der Waals surface area (Å²) in [5.41, 5.74) is 0.550. The van der Waals surface area contributed by atoms with Gasteiger partial charge < -0.3 is 0 Å². The Bertz CT molecular complexity index is 284. The molecule has 0 N–H and O–H groups in total. The van der Waals surface area contributed by atoms with Crippen LogP contribution in [0, 0.1) is 17.8 Å². The fraction of sp³-hybridized carbons (Fsp3) is 0. The van der Waals surface area contributed by atoms with Crippen molar-refractivity contribution in [2.75, 3.05) is 0 Å². The summed E-state index contributed by atoms with van der Waals surface area (Å²) in [6, 6.07) is 10.4. The SMILES string of the molecule is N#C[CH]C(=O)c1ccccc1. The highest BCUT2D eigenvalue weighted by molar-refractivity contribution is 6.04. The largest absolute Gasteiger partial charge is 0.293 e. The average Bonchev–Trinajstić information content (AvgIpc) is 2.07. The smallest absolute Gasteiger partial charge is 0.181 e. The summed E-state index contributed by atoms with van der Waals surface area (Å²) < 4.78 is 0. The number of hydrogen-bond donors (Lipinski definition) is 0. The summed E-state index contributed by atoms with van der Waals surface area (Å²) in [5.74, 6) is -0.242. The van der Waals surface area contributed by atoms with E-state index in [0.29, 0.717) is 5.56 Å². The second-order valence-electron chi connectivity index (χ2n) is 2.00. The van der Waals surface area contributed by atoms with Gasteiger partial charge in [0.2, 0.25) is 0 Å². The molecule has 0 atom stereocenters. The number of rotatable bonds is 2. The summed E-state index contributed by atoms with van der Waals surface area (Å²) in [6.45, 7) is 0. The molecule has 0 unspecified atom stereocenters. The molecule has 0 aliphatic heterocycles. The van der Waals surface area contributed by atoms with Crippen molar-refractivity contribution in [3.63, 3.8) is 0 Å². The number of carbonyl (C=O) groups is 1. The first-order valence-corrected chi connectivity index (χ1v) is 3.17. The van der Waals surface area contributed by atoms with Gasteiger partial charge in [-0.25, -0.2) is 0 Å². The Morgan fingerprint density at radius 1 is 1.36 bits per heavy atom. The van der Waals surface area contributed by atoms with E-state index in [1.165, 1.54) is 0 Å². The Hall–Kier alpha value is -1.62. The quantitative estimate of drug-likeness (QED) is 0.591. The number of Topliss-reactive ketones (excluding diaryl/α,β-unsaturated/α-hetero) is 1. The summed E-state index contributed by atoms with van der Waals surface area (Å²) in [4.78, 5) is 11.0. The molecule has 1 radical (unpaired) electrons. The van der Waals surface area contributed by atoms with E-state index in [0.717, 1.165) is 6.42 Å². The summed E-state index contributed by atoms with van der Waals surface area (Å²) in [6.07, 6.45) is 0.995. The Morgan fingerprint density at radius 3 is 2.55 bits per heavy atom. The molecule has 0 heterocycles. The van der Waals surface area contributed by atoms with E-state index < -0.39 is 0 Å². The van der Waals surface area contributed by atoms with Crippen LogP contribution in [-0.2, 0) is 0 Å². The molecule has 11 heavy (non-hydrogen) atoms. The third-order valence-electron chi connectivity index (χ3n) is 1.25. The van der Waals surface area contributed by atoms with Crippen molar-refractivity contribution in [3.05, 3.63) is 42.3 Å². The molecule has 0 aliphatic carbocycles. The maximum absolute atomic E-state index is 11.0. The molecule has 2 heteroatoms. The van der Waals surface area contributed by atoms with Crippen LogP contribution < -0.4 is 0 Å². The fourth-order valence-corrected chi connectivity index (χ4v) is 0.744. The van der Waals surface area contributed by atoms with Crippen molar-refractivity contribution in [2.24, 2.45) is 0 Å². The second kappa shape index (κ2) is 3.52. The number of nitriles is 1. The maximum atomic E-state index is 11.0. The van der Waals surface area contributed by atoms with Crippen molar-refractivity contribution in [1.82, 2.24) is 0 Å². The fourth-order valence-electron chi connectivity index (χ4n) is 0.744. The Labute approximate surface area is 65.1 Å². The van der Waals surface area contributed by atoms with Gasteiger partial charge in [0.1, 0.15) is 6.42 Å². The van der Waals surface area contributed by atoms with E-state index in [2.05, 4.69) is 0 Å². The Morgan fingerprint density at radius 2 is 2.00 bits per heavy atom. The molecular weight excluding hydrogens is 138 g/mol. The first kappa shape index (κ1) is 7.49. The van der Waals surface area contributed by atoms with E-state index in [1.54, 1.807) is 30.3 Å². The van der Waals surface area contributed by atoms with Gasteiger partial charge in [0, 0.05) is 5.56 Å². The first-order valence-electron chi connectivity index (χ1n) is 3.17. The van der Waals surface area contributed by atoms with Gasteiger partial charge in [-0.05, 0) is 0 Å². The molecule has 1 aromatic carbocycles. The summed E-state index contributed by atoms with van der Waals surface area (Å²) in [5, 5.41) is 8.17. The average molecular weight is 144 g/mol. The minimum atomic E-state index is -0.242. The molecule has 0 spiro atoms. The van der Waals surface area contributed by atoms with Crippen LogP contribution in [0.5, 0.6) is 0 Å². The molecule has 0 saturated heterocycles. The molecule has 1 rings (SSSR count). The molecule has 0 amide bonds. The van der Waals surface area contributed by atoms with Crippen molar-refractivity contribution in [3.8, 4) is 6.07 Å². The number of hydrogen-bond acceptors (Lipinski definition) is 2. The van der Waals surface area contributed by atoms with E-state index in [4.69, 9.17) is 5.26 Å². The van der Waals surface area contributed by atoms with Gasteiger partial charge in [-0.3, -0.25) is 4.79 Å². The number of nitrogens with zero attached hydrogens (tertiary/aromatic N) is 1. The van der Waals surface area contributed by atoms with Gasteiger partial charge in [-0.15, -0.1) is 0 Å². The van der Waals surface area contributed by atoms with Gasteiger partial charge in [0.25, 0.3) is 0 Å². The molecule has 2 nitrogen and oxygen atoms in total. The molecule has 0 saturated carbocycles. The highest BCUT2D eigenvalue weighted by Crippen LogP contribution is 2.00. The van der Waals surface area contributed by atoms with Crippen molar-refractivity contribution < 1.29 is 4.79 Å². The summed E-state index contributed by atoms with van der Waals surface area (Å²) >= 11 is 0. The minimum absolute atomic E-state index is 0.242. The monoisotopic (exact) mass is 144 g/mol. The van der Waals surface area contributed by atoms with Crippen LogP contribution in [0.25, 0.3) is 0 Å². The Balaban J connectivity index is 2.79. The second-order valence-corrected chi connectivity index (χ2v) is 2.00. The molecular formula is C9H6NO. The van der Waals surface area contributed by atoms with Crippen molar-refractivity contribution in [1.29, 1.82) is 5.26 Å². The van der Waals surface area contributed by atoms with E-state index >= 15 is 0 Å². The van der Waals surface area contributed by atoms with Crippen LogP contribution in [-0.4, -0.2) is 5.78 Å². The normalized spacial score (nSPS) is 8.64. The van der Waals surface area contributed by atoms with Gasteiger partial charge in [-0.2, -0.15) is 5.26 Å². The number of ketones is 1. The lowest BCUT2D eigenvalue weighted by Gasteiger charge is -1.92. The van der Waals surface area contributed by atoms with Crippen LogP contribution >= 0.6 is 0 Å². The van der Waals surface area contributed by atoms with Crippen molar-refractivity contribution in [2.45, 2.75) is 0 Å². The minimum Gasteiger partial charge on any atom is -0.293 e. The van der Waals surface area contributed by atoms with Crippen LogP contribution in [0.1, 0.15) is 10.4 Å². The number of carbonyl (C=O) groups excluding carboxylic acids is 1. The Kier molecular flexibility index (Phi) is 2.40. The lowest BCUT2D eigenvalue weighted by atomic mass is 10.1. The predicted molar refractivity (Wildman–Crippen MR) is 40.7 cm³/mol. The molecule has 0 aliphatic rings. The molecule has 0 bridgehead atoms. The zero-order valence-electron chi connectivity index (χ0n) is 5.82. The third kappa shape index (κ3) is 1.91. The highest BCUT2D eigenvalue weighted by Gasteiger charge is 2.02. The van der Waals surface area contributed by atoms with E-state index in [9.17, 15) is 4.79 Å². The molecule has 1 aromatic rings.